The molecule has 0 fully saturated rings. The van der Waals surface area contributed by atoms with Crippen LogP contribution in [-0.4, -0.2) is 49.1 Å². The third-order valence-electron chi connectivity index (χ3n) is 5.62. The first-order valence-corrected chi connectivity index (χ1v) is 11.5. The summed E-state index contributed by atoms with van der Waals surface area (Å²) in [7, 11) is 4.08. The number of thiophene rings is 1. The number of nitrogens with zero attached hydrogens (tertiary/aromatic N) is 5. The normalized spacial score (nSPS) is 11.8. The summed E-state index contributed by atoms with van der Waals surface area (Å²) in [5, 5.41) is 8.34. The molecule has 0 unspecified atom stereocenters. The number of benzene rings is 1. The highest BCUT2D eigenvalue weighted by Crippen LogP contribution is 2.34. The van der Waals surface area contributed by atoms with Gasteiger partial charge in [0.1, 0.15) is 16.9 Å². The molecule has 0 amide bonds. The largest absolute Gasteiger partial charge is 0.336 e. The molecule has 0 aliphatic heterocycles. The summed E-state index contributed by atoms with van der Waals surface area (Å²) < 4.78 is 13.6. The Morgan fingerprint density at radius 2 is 1.88 bits per heavy atom. The van der Waals surface area contributed by atoms with Crippen molar-refractivity contribution in [3.05, 3.63) is 71.7 Å². The SMILES string of the molecule is CN(C)Cc1cncc(-c2ccc3[nH]nc(-c4nc5c(-c6ccc(F)s6)nccc5[nH]4)c3c2)c1. The van der Waals surface area contributed by atoms with E-state index in [9.17, 15) is 4.39 Å². The van der Waals surface area contributed by atoms with Crippen LogP contribution in [0, 0.1) is 5.13 Å². The Morgan fingerprint density at radius 3 is 2.71 bits per heavy atom. The van der Waals surface area contributed by atoms with Gasteiger partial charge >= 0.3 is 0 Å². The Morgan fingerprint density at radius 1 is 0.971 bits per heavy atom. The van der Waals surface area contributed by atoms with E-state index >= 15 is 0 Å². The van der Waals surface area contributed by atoms with Crippen LogP contribution in [0.1, 0.15) is 5.56 Å². The summed E-state index contributed by atoms with van der Waals surface area (Å²) in [4.78, 5) is 19.9. The molecule has 6 rings (SSSR count). The van der Waals surface area contributed by atoms with Crippen LogP contribution in [0.2, 0.25) is 0 Å². The molecule has 0 aliphatic rings. The molecule has 0 spiro atoms. The number of hydrogen-bond acceptors (Lipinski definition) is 6. The van der Waals surface area contributed by atoms with E-state index in [2.05, 4.69) is 48.2 Å². The van der Waals surface area contributed by atoms with Crippen LogP contribution in [0.4, 0.5) is 4.39 Å². The number of hydrogen-bond donors (Lipinski definition) is 2. The molecule has 0 saturated heterocycles. The number of halogens is 1. The number of imidazole rings is 1. The standard InChI is InChI=1S/C25H20FN7S/c1-33(2)13-14-9-16(12-27-11-14)15-3-4-18-17(10-15)22(32-31-18)25-29-19-7-8-28-24(23(19)30-25)20-5-6-21(26)34-20/h3-12H,13H2,1-2H3,(H,29,30)(H,31,32). The van der Waals surface area contributed by atoms with Gasteiger partial charge in [-0.25, -0.2) is 4.98 Å². The number of aromatic nitrogens is 6. The van der Waals surface area contributed by atoms with Gasteiger partial charge in [0, 0.05) is 36.1 Å². The van der Waals surface area contributed by atoms with Gasteiger partial charge in [-0.05, 0) is 61.6 Å². The van der Waals surface area contributed by atoms with Crippen LogP contribution in [0.5, 0.6) is 0 Å². The highest BCUT2D eigenvalue weighted by molar-refractivity contribution is 7.13. The topological polar surface area (TPSA) is 86.4 Å². The Bertz CT molecular complexity index is 1650. The Hall–Kier alpha value is -3.95. The van der Waals surface area contributed by atoms with Crippen molar-refractivity contribution in [2.24, 2.45) is 0 Å². The van der Waals surface area contributed by atoms with Gasteiger partial charge in [0.25, 0.3) is 0 Å². The highest BCUT2D eigenvalue weighted by Gasteiger charge is 2.17. The molecular formula is C25H20FN7S. The van der Waals surface area contributed by atoms with E-state index in [-0.39, 0.29) is 5.13 Å². The van der Waals surface area contributed by atoms with Crippen LogP contribution in [0.25, 0.3) is 55.2 Å². The lowest BCUT2D eigenvalue weighted by atomic mass is 10.0. The van der Waals surface area contributed by atoms with E-state index in [1.807, 2.05) is 38.6 Å². The molecule has 0 radical (unpaired) electrons. The van der Waals surface area contributed by atoms with Gasteiger partial charge in [-0.1, -0.05) is 6.07 Å². The van der Waals surface area contributed by atoms with Gasteiger partial charge in [-0.3, -0.25) is 15.1 Å². The van der Waals surface area contributed by atoms with Crippen LogP contribution < -0.4 is 0 Å². The van der Waals surface area contributed by atoms with Crippen molar-refractivity contribution >= 4 is 33.3 Å². The number of H-pyrrole nitrogens is 2. The van der Waals surface area contributed by atoms with E-state index in [0.717, 1.165) is 55.9 Å². The zero-order chi connectivity index (χ0) is 23.2. The highest BCUT2D eigenvalue weighted by atomic mass is 32.1. The quantitative estimate of drug-likeness (QED) is 0.349. The summed E-state index contributed by atoms with van der Waals surface area (Å²) in [6.45, 7) is 0.823. The number of pyridine rings is 2. The molecule has 0 saturated carbocycles. The summed E-state index contributed by atoms with van der Waals surface area (Å²) in [5.41, 5.74) is 7.04. The van der Waals surface area contributed by atoms with E-state index in [4.69, 9.17) is 4.98 Å². The zero-order valence-corrected chi connectivity index (χ0v) is 19.3. The number of nitrogens with one attached hydrogen (secondary N) is 2. The summed E-state index contributed by atoms with van der Waals surface area (Å²) in [6.07, 6.45) is 5.47. The van der Waals surface area contributed by atoms with Crippen molar-refractivity contribution in [2.45, 2.75) is 6.54 Å². The first-order valence-electron chi connectivity index (χ1n) is 10.7. The molecule has 34 heavy (non-hydrogen) atoms. The summed E-state index contributed by atoms with van der Waals surface area (Å²) in [5.74, 6) is 0.629. The Balaban J connectivity index is 1.45. The monoisotopic (exact) mass is 469 g/mol. The maximum atomic E-state index is 13.6. The second kappa shape index (κ2) is 8.12. The van der Waals surface area contributed by atoms with Crippen LogP contribution in [-0.2, 0) is 6.54 Å². The molecule has 9 heteroatoms. The van der Waals surface area contributed by atoms with Crippen molar-refractivity contribution in [1.29, 1.82) is 0 Å². The number of fused-ring (bicyclic) bond motifs is 2. The molecular weight excluding hydrogens is 449 g/mol. The lowest BCUT2D eigenvalue weighted by Gasteiger charge is -2.10. The first kappa shape index (κ1) is 20.6. The second-order valence-corrected chi connectivity index (χ2v) is 9.43. The third kappa shape index (κ3) is 3.64. The van der Waals surface area contributed by atoms with Gasteiger partial charge in [0.2, 0.25) is 0 Å². The minimum atomic E-state index is -0.250. The van der Waals surface area contributed by atoms with Crippen molar-refractivity contribution in [1.82, 2.24) is 35.0 Å². The van der Waals surface area contributed by atoms with Crippen molar-refractivity contribution in [3.8, 4) is 33.2 Å². The number of rotatable bonds is 5. The van der Waals surface area contributed by atoms with E-state index in [1.54, 1.807) is 12.3 Å². The Kier molecular flexibility index (Phi) is 4.93. The van der Waals surface area contributed by atoms with Crippen LogP contribution in [0.15, 0.2) is 61.1 Å². The molecule has 168 valence electrons. The lowest BCUT2D eigenvalue weighted by Crippen LogP contribution is -2.10. The molecule has 0 bridgehead atoms. The molecule has 6 aromatic rings. The molecule has 7 nitrogen and oxygen atoms in total. The molecule has 2 N–H and O–H groups in total. The van der Waals surface area contributed by atoms with Crippen molar-refractivity contribution in [2.75, 3.05) is 14.1 Å². The molecule has 5 aromatic heterocycles. The van der Waals surface area contributed by atoms with Crippen LogP contribution in [0.3, 0.4) is 0 Å². The van der Waals surface area contributed by atoms with Gasteiger partial charge < -0.3 is 9.88 Å². The fraction of sp³-hybridized carbons (Fsp3) is 0.120. The maximum absolute atomic E-state index is 13.6. The Labute approximate surface area is 198 Å². The van der Waals surface area contributed by atoms with E-state index < -0.39 is 0 Å². The van der Waals surface area contributed by atoms with Gasteiger partial charge in [-0.15, -0.1) is 11.3 Å². The predicted molar refractivity (Wildman–Crippen MR) is 133 cm³/mol. The molecule has 0 atom stereocenters. The van der Waals surface area contributed by atoms with Gasteiger partial charge in [-0.2, -0.15) is 9.49 Å². The van der Waals surface area contributed by atoms with Gasteiger partial charge in [0.05, 0.1) is 15.9 Å². The summed E-state index contributed by atoms with van der Waals surface area (Å²) >= 11 is 1.06. The zero-order valence-electron chi connectivity index (χ0n) is 18.5. The smallest absolute Gasteiger partial charge is 0.177 e. The lowest BCUT2D eigenvalue weighted by molar-refractivity contribution is 0.402. The predicted octanol–water partition coefficient (Wildman–Crippen LogP) is 5.49. The average molecular weight is 470 g/mol. The maximum Gasteiger partial charge on any atom is 0.177 e. The third-order valence-corrected chi connectivity index (χ3v) is 6.50. The summed E-state index contributed by atoms with van der Waals surface area (Å²) in [6, 6.07) is 13.4. The average Bonchev–Trinajstić information content (AvgIpc) is 3.55. The van der Waals surface area contributed by atoms with Gasteiger partial charge in [0.15, 0.2) is 11.0 Å². The fourth-order valence-electron chi connectivity index (χ4n) is 4.14. The molecule has 1 aromatic carbocycles. The molecule has 5 heterocycles. The van der Waals surface area contributed by atoms with Crippen LogP contribution >= 0.6 is 11.3 Å². The fourth-order valence-corrected chi connectivity index (χ4v) is 4.87. The van der Waals surface area contributed by atoms with Crippen molar-refractivity contribution in [3.63, 3.8) is 0 Å². The minimum absolute atomic E-state index is 0.250. The second-order valence-electron chi connectivity index (χ2n) is 8.40. The first-order chi connectivity index (χ1) is 16.5. The van der Waals surface area contributed by atoms with E-state index in [0.29, 0.717) is 22.7 Å². The minimum Gasteiger partial charge on any atom is -0.336 e. The van der Waals surface area contributed by atoms with E-state index in [1.165, 1.54) is 6.07 Å². The molecule has 0 aliphatic carbocycles. The van der Waals surface area contributed by atoms with Crippen molar-refractivity contribution < 1.29 is 4.39 Å². The number of aromatic amines is 2.